The maximum atomic E-state index is 13.3. The third-order valence-electron chi connectivity index (χ3n) is 3.97. The minimum absolute atomic E-state index is 0.0320. The maximum absolute atomic E-state index is 13.3. The molecule has 7 heteroatoms. The topological polar surface area (TPSA) is 91.1 Å². The second kappa shape index (κ2) is 6.72. The number of hydrogen-bond acceptors (Lipinski definition) is 5. The van der Waals surface area contributed by atoms with Gasteiger partial charge in [0, 0.05) is 12.3 Å². The molecule has 1 heterocycles. The van der Waals surface area contributed by atoms with Crippen molar-refractivity contribution in [3.8, 4) is 0 Å². The number of halogens is 1. The van der Waals surface area contributed by atoms with Crippen LogP contribution in [0.4, 0.5) is 21.5 Å². The van der Waals surface area contributed by atoms with Crippen LogP contribution in [0.25, 0.3) is 0 Å². The molecule has 1 aromatic heterocycles. The van der Waals surface area contributed by atoms with Gasteiger partial charge in [-0.1, -0.05) is 37.3 Å². The van der Waals surface area contributed by atoms with Crippen molar-refractivity contribution in [2.75, 3.05) is 10.6 Å². The summed E-state index contributed by atoms with van der Waals surface area (Å²) >= 11 is 0. The maximum Gasteiger partial charge on any atom is 0.271 e. The lowest BCUT2D eigenvalue weighted by Gasteiger charge is -2.21. The van der Waals surface area contributed by atoms with E-state index in [9.17, 15) is 18.8 Å². The van der Waals surface area contributed by atoms with Crippen molar-refractivity contribution < 1.29 is 4.39 Å². The number of pyridine rings is 1. The lowest BCUT2D eigenvalue weighted by molar-refractivity contribution is 0.621. The smallest absolute Gasteiger partial charge is 0.271 e. The average molecular weight is 341 g/mol. The fourth-order valence-electron chi connectivity index (χ4n) is 2.61. The van der Waals surface area contributed by atoms with E-state index in [-0.39, 0.29) is 23.1 Å². The SMILES string of the molecule is CC[C@@H](Nc1c(Nc2cc(F)c[nH]c2=O)c(=O)c1=O)c1ccccc1. The first-order valence-electron chi connectivity index (χ1n) is 7.81. The van der Waals surface area contributed by atoms with Crippen LogP contribution in [0.15, 0.2) is 57.0 Å². The molecule has 0 fully saturated rings. The number of benzene rings is 1. The molecule has 0 aliphatic rings. The van der Waals surface area contributed by atoms with Gasteiger partial charge in [0.25, 0.3) is 16.4 Å². The quantitative estimate of drug-likeness (QED) is 0.599. The first kappa shape index (κ1) is 16.6. The minimum atomic E-state index is -0.742. The van der Waals surface area contributed by atoms with Crippen LogP contribution in [0, 0.1) is 5.82 Å². The van der Waals surface area contributed by atoms with Gasteiger partial charge in [0.1, 0.15) is 22.9 Å². The van der Waals surface area contributed by atoms with Gasteiger partial charge in [-0.05, 0) is 12.0 Å². The number of aromatic amines is 1. The summed E-state index contributed by atoms with van der Waals surface area (Å²) in [6.45, 7) is 1.95. The molecule has 128 valence electrons. The number of rotatable bonds is 6. The molecule has 6 nitrogen and oxygen atoms in total. The van der Waals surface area contributed by atoms with Gasteiger partial charge >= 0.3 is 0 Å². The highest BCUT2D eigenvalue weighted by molar-refractivity contribution is 5.78. The highest BCUT2D eigenvalue weighted by Gasteiger charge is 2.24. The van der Waals surface area contributed by atoms with Crippen molar-refractivity contribution in [3.05, 3.63) is 84.8 Å². The molecule has 0 radical (unpaired) electrons. The van der Waals surface area contributed by atoms with Gasteiger partial charge in [0.05, 0.1) is 6.04 Å². The largest absolute Gasteiger partial charge is 0.373 e. The zero-order valence-electron chi connectivity index (χ0n) is 13.4. The summed E-state index contributed by atoms with van der Waals surface area (Å²) in [5.41, 5.74) is -1.09. The van der Waals surface area contributed by atoms with E-state index >= 15 is 0 Å². The molecule has 1 atom stereocenters. The molecule has 3 aromatic rings. The lowest BCUT2D eigenvalue weighted by Crippen LogP contribution is -2.38. The standard InChI is InChI=1S/C18H16FN3O3/c1-2-12(10-6-4-3-5-7-10)21-14-15(17(24)16(14)23)22-13-8-11(19)9-20-18(13)25/h3-9,12,21-22H,2H2,1H3,(H,20,25)/t12-/m1/s1. The van der Waals surface area contributed by atoms with Gasteiger partial charge in [0.15, 0.2) is 0 Å². The molecule has 0 unspecified atom stereocenters. The Balaban J connectivity index is 1.90. The van der Waals surface area contributed by atoms with Crippen molar-refractivity contribution in [2.24, 2.45) is 0 Å². The van der Waals surface area contributed by atoms with Gasteiger partial charge in [-0.15, -0.1) is 0 Å². The van der Waals surface area contributed by atoms with Gasteiger partial charge in [-0.2, -0.15) is 0 Å². The highest BCUT2D eigenvalue weighted by Crippen LogP contribution is 2.26. The Morgan fingerprint density at radius 2 is 1.76 bits per heavy atom. The Bertz CT molecular complexity index is 1020. The number of anilines is 3. The molecule has 0 aliphatic heterocycles. The van der Waals surface area contributed by atoms with Gasteiger partial charge in [-0.25, -0.2) is 4.39 Å². The number of aromatic nitrogens is 1. The zero-order valence-corrected chi connectivity index (χ0v) is 13.4. The van der Waals surface area contributed by atoms with Crippen molar-refractivity contribution in [2.45, 2.75) is 19.4 Å². The summed E-state index contributed by atoms with van der Waals surface area (Å²) in [5.74, 6) is -0.661. The summed E-state index contributed by atoms with van der Waals surface area (Å²) in [6.07, 6.45) is 1.60. The Hall–Kier alpha value is -3.22. The molecule has 3 N–H and O–H groups in total. The molecule has 0 aliphatic carbocycles. The highest BCUT2D eigenvalue weighted by atomic mass is 19.1. The van der Waals surface area contributed by atoms with Crippen LogP contribution >= 0.6 is 0 Å². The van der Waals surface area contributed by atoms with Crippen LogP contribution in [-0.2, 0) is 0 Å². The van der Waals surface area contributed by atoms with Crippen LogP contribution in [0.3, 0.4) is 0 Å². The Kier molecular flexibility index (Phi) is 4.47. The molecule has 0 spiro atoms. The zero-order chi connectivity index (χ0) is 18.0. The lowest BCUT2D eigenvalue weighted by atomic mass is 10.0. The third-order valence-corrected chi connectivity index (χ3v) is 3.97. The van der Waals surface area contributed by atoms with E-state index < -0.39 is 22.2 Å². The van der Waals surface area contributed by atoms with E-state index in [1.807, 2.05) is 37.3 Å². The summed E-state index contributed by atoms with van der Waals surface area (Å²) in [6, 6.07) is 10.3. The van der Waals surface area contributed by atoms with E-state index in [2.05, 4.69) is 15.6 Å². The van der Waals surface area contributed by atoms with E-state index in [4.69, 9.17) is 0 Å². The monoisotopic (exact) mass is 341 g/mol. The first-order chi connectivity index (χ1) is 12.0. The van der Waals surface area contributed by atoms with Crippen LogP contribution < -0.4 is 27.1 Å². The van der Waals surface area contributed by atoms with Crippen molar-refractivity contribution >= 4 is 17.1 Å². The fourth-order valence-corrected chi connectivity index (χ4v) is 2.61. The number of nitrogens with one attached hydrogen (secondary N) is 3. The van der Waals surface area contributed by atoms with Crippen LogP contribution in [0.5, 0.6) is 0 Å². The Morgan fingerprint density at radius 1 is 1.08 bits per heavy atom. The predicted octanol–water partition coefficient (Wildman–Crippen LogP) is 2.42. The molecule has 3 rings (SSSR count). The third kappa shape index (κ3) is 3.21. The molecule has 2 aromatic carbocycles. The van der Waals surface area contributed by atoms with E-state index in [1.165, 1.54) is 0 Å². The van der Waals surface area contributed by atoms with Gasteiger partial charge < -0.3 is 15.6 Å². The van der Waals surface area contributed by atoms with Crippen molar-refractivity contribution in [1.82, 2.24) is 4.98 Å². The molecule has 0 saturated carbocycles. The number of hydrogen-bond donors (Lipinski definition) is 3. The average Bonchev–Trinajstić information content (AvgIpc) is 2.64. The Morgan fingerprint density at radius 3 is 2.44 bits per heavy atom. The van der Waals surface area contributed by atoms with Crippen LogP contribution in [-0.4, -0.2) is 4.98 Å². The van der Waals surface area contributed by atoms with E-state index in [1.54, 1.807) is 0 Å². The summed E-state index contributed by atoms with van der Waals surface area (Å²) in [4.78, 5) is 37.7. The van der Waals surface area contributed by atoms with Crippen LogP contribution in [0.2, 0.25) is 0 Å². The summed E-state index contributed by atoms with van der Waals surface area (Å²) in [7, 11) is 0. The number of H-pyrrole nitrogens is 1. The molecular weight excluding hydrogens is 325 g/mol. The molecule has 0 amide bonds. The van der Waals surface area contributed by atoms with Gasteiger partial charge in [0.2, 0.25) is 0 Å². The normalized spacial score (nSPS) is 12.1. The second-order valence-corrected chi connectivity index (χ2v) is 5.61. The first-order valence-corrected chi connectivity index (χ1v) is 7.81. The van der Waals surface area contributed by atoms with Crippen molar-refractivity contribution in [3.63, 3.8) is 0 Å². The van der Waals surface area contributed by atoms with Crippen molar-refractivity contribution in [1.29, 1.82) is 0 Å². The summed E-state index contributed by atoms with van der Waals surface area (Å²) in [5, 5.41) is 5.61. The molecule has 25 heavy (non-hydrogen) atoms. The minimum Gasteiger partial charge on any atom is -0.373 e. The second-order valence-electron chi connectivity index (χ2n) is 5.61. The molecule has 0 saturated heterocycles. The fraction of sp³-hybridized carbons (Fsp3) is 0.167. The van der Waals surface area contributed by atoms with E-state index in [0.29, 0.717) is 6.42 Å². The molecule has 0 bridgehead atoms. The summed E-state index contributed by atoms with van der Waals surface area (Å²) < 4.78 is 13.3. The van der Waals surface area contributed by atoms with Crippen LogP contribution in [0.1, 0.15) is 24.9 Å². The predicted molar refractivity (Wildman–Crippen MR) is 94.8 cm³/mol. The molecular formula is C18H16FN3O3. The Labute approximate surface area is 142 Å². The van der Waals surface area contributed by atoms with Gasteiger partial charge in [-0.3, -0.25) is 14.4 Å². The van der Waals surface area contributed by atoms with E-state index in [0.717, 1.165) is 17.8 Å².